The van der Waals surface area contributed by atoms with Gasteiger partial charge in [0.2, 0.25) is 0 Å². The van der Waals surface area contributed by atoms with E-state index in [1.807, 2.05) is 0 Å². The van der Waals surface area contributed by atoms with Gasteiger partial charge in [0.1, 0.15) is 13.2 Å². The molecule has 6 heteroatoms. The zero-order valence-corrected chi connectivity index (χ0v) is 32.4. The molecule has 0 heterocycles. The highest BCUT2D eigenvalue weighted by Crippen LogP contribution is 2.15. The molecule has 0 aliphatic carbocycles. The Kier molecular flexibility index (Phi) is 35.5. The molecule has 0 amide bonds. The highest BCUT2D eigenvalue weighted by atomic mass is 16.6. The van der Waals surface area contributed by atoms with Crippen molar-refractivity contribution in [3.05, 3.63) is 0 Å². The van der Waals surface area contributed by atoms with E-state index in [0.717, 1.165) is 70.1 Å². The SMILES string of the molecule is CCCCCCCCCCCCCC(=O)O[C@H](COC(=O)CCCCCCC)COC(=O)CCCCCCCCCCCCCC(C)C. The Bertz CT molecular complexity index is 721. The molecular formula is C42H80O6. The second-order valence-electron chi connectivity index (χ2n) is 14.7. The van der Waals surface area contributed by atoms with E-state index >= 15 is 0 Å². The Hall–Kier alpha value is -1.59. The van der Waals surface area contributed by atoms with Crippen LogP contribution in [0.5, 0.6) is 0 Å². The number of carbonyl (C=O) groups is 3. The van der Waals surface area contributed by atoms with Crippen LogP contribution in [0.1, 0.15) is 227 Å². The largest absolute Gasteiger partial charge is 0.462 e. The number of unbranched alkanes of at least 4 members (excludes halogenated alkanes) is 24. The van der Waals surface area contributed by atoms with E-state index in [0.29, 0.717) is 19.3 Å². The lowest BCUT2D eigenvalue weighted by molar-refractivity contribution is -0.167. The molecule has 0 N–H and O–H groups in total. The molecule has 0 aromatic rings. The molecule has 284 valence electrons. The van der Waals surface area contributed by atoms with Gasteiger partial charge < -0.3 is 14.2 Å². The van der Waals surface area contributed by atoms with E-state index in [1.165, 1.54) is 116 Å². The maximum Gasteiger partial charge on any atom is 0.306 e. The van der Waals surface area contributed by atoms with E-state index < -0.39 is 6.10 Å². The van der Waals surface area contributed by atoms with Crippen LogP contribution >= 0.6 is 0 Å². The van der Waals surface area contributed by atoms with Crippen LogP contribution in [-0.2, 0) is 28.6 Å². The molecule has 0 aliphatic rings. The molecule has 0 aromatic heterocycles. The normalized spacial score (nSPS) is 11.9. The van der Waals surface area contributed by atoms with Crippen LogP contribution in [-0.4, -0.2) is 37.2 Å². The van der Waals surface area contributed by atoms with Crippen LogP contribution in [0.2, 0.25) is 0 Å². The number of esters is 3. The summed E-state index contributed by atoms with van der Waals surface area (Å²) in [6, 6.07) is 0. The van der Waals surface area contributed by atoms with Crippen LogP contribution in [0.3, 0.4) is 0 Å². The van der Waals surface area contributed by atoms with Gasteiger partial charge in [0.15, 0.2) is 6.10 Å². The molecule has 0 unspecified atom stereocenters. The first-order valence-corrected chi connectivity index (χ1v) is 20.9. The third-order valence-corrected chi connectivity index (χ3v) is 9.29. The molecule has 48 heavy (non-hydrogen) atoms. The minimum absolute atomic E-state index is 0.0654. The minimum atomic E-state index is -0.756. The highest BCUT2D eigenvalue weighted by molar-refractivity contribution is 5.71. The van der Waals surface area contributed by atoms with Gasteiger partial charge >= 0.3 is 17.9 Å². The molecule has 0 radical (unpaired) electrons. The van der Waals surface area contributed by atoms with E-state index in [1.54, 1.807) is 0 Å². The Morgan fingerprint density at radius 2 is 0.688 bits per heavy atom. The number of ether oxygens (including phenoxy) is 3. The molecule has 0 spiro atoms. The standard InChI is InChI=1S/C42H80O6/c1-5-7-9-11-12-13-15-20-23-27-31-35-42(45)48-39(36-46-40(43)33-29-24-10-8-6-2)37-47-41(44)34-30-26-22-19-17-14-16-18-21-25-28-32-38(3)4/h38-39H,5-37H2,1-4H3/t39-/m1/s1. The van der Waals surface area contributed by atoms with Gasteiger partial charge in [-0.25, -0.2) is 0 Å². The van der Waals surface area contributed by atoms with Gasteiger partial charge in [-0.1, -0.05) is 188 Å². The molecule has 0 saturated heterocycles. The first kappa shape index (κ1) is 46.4. The summed E-state index contributed by atoms with van der Waals surface area (Å²) in [5.74, 6) is -0.0472. The quantitative estimate of drug-likeness (QED) is 0.0369. The van der Waals surface area contributed by atoms with Crippen molar-refractivity contribution in [1.29, 1.82) is 0 Å². The summed E-state index contributed by atoms with van der Waals surface area (Å²) in [7, 11) is 0. The Morgan fingerprint density at radius 1 is 0.396 bits per heavy atom. The summed E-state index contributed by atoms with van der Waals surface area (Å²) < 4.78 is 16.5. The summed E-state index contributed by atoms with van der Waals surface area (Å²) in [4.78, 5) is 37.3. The highest BCUT2D eigenvalue weighted by Gasteiger charge is 2.19. The summed E-state index contributed by atoms with van der Waals surface area (Å²) in [6.45, 7) is 8.89. The average Bonchev–Trinajstić information content (AvgIpc) is 3.06. The Morgan fingerprint density at radius 3 is 1.02 bits per heavy atom. The lowest BCUT2D eigenvalue weighted by Crippen LogP contribution is -2.30. The number of rotatable bonds is 37. The fraction of sp³-hybridized carbons (Fsp3) is 0.929. The first-order valence-electron chi connectivity index (χ1n) is 20.9. The third-order valence-electron chi connectivity index (χ3n) is 9.29. The topological polar surface area (TPSA) is 78.9 Å². The fourth-order valence-corrected chi connectivity index (χ4v) is 6.10. The Balaban J connectivity index is 4.22. The van der Waals surface area contributed by atoms with Crippen molar-refractivity contribution >= 4 is 17.9 Å². The molecule has 1 atom stereocenters. The van der Waals surface area contributed by atoms with Crippen molar-refractivity contribution in [1.82, 2.24) is 0 Å². The maximum absolute atomic E-state index is 12.6. The predicted molar refractivity (Wildman–Crippen MR) is 201 cm³/mol. The van der Waals surface area contributed by atoms with E-state index in [-0.39, 0.29) is 31.1 Å². The second-order valence-corrected chi connectivity index (χ2v) is 14.7. The van der Waals surface area contributed by atoms with Crippen LogP contribution < -0.4 is 0 Å². The molecule has 0 fully saturated rings. The van der Waals surface area contributed by atoms with Crippen molar-refractivity contribution in [3.63, 3.8) is 0 Å². The maximum atomic E-state index is 12.6. The summed E-state index contributed by atoms with van der Waals surface area (Å²) in [6.07, 6.45) is 34.0. The fourth-order valence-electron chi connectivity index (χ4n) is 6.10. The monoisotopic (exact) mass is 681 g/mol. The van der Waals surface area contributed by atoms with Gasteiger partial charge in [-0.3, -0.25) is 14.4 Å². The van der Waals surface area contributed by atoms with E-state index in [2.05, 4.69) is 27.7 Å². The summed E-state index contributed by atoms with van der Waals surface area (Å²) >= 11 is 0. The molecule has 0 saturated carbocycles. The zero-order valence-electron chi connectivity index (χ0n) is 32.4. The van der Waals surface area contributed by atoms with Crippen molar-refractivity contribution < 1.29 is 28.6 Å². The third kappa shape index (κ3) is 35.7. The smallest absolute Gasteiger partial charge is 0.306 e. The molecular weight excluding hydrogens is 600 g/mol. The number of hydrogen-bond donors (Lipinski definition) is 0. The van der Waals surface area contributed by atoms with Gasteiger partial charge in [-0.15, -0.1) is 0 Å². The van der Waals surface area contributed by atoms with Crippen molar-refractivity contribution in [3.8, 4) is 0 Å². The van der Waals surface area contributed by atoms with Gasteiger partial charge in [-0.2, -0.15) is 0 Å². The minimum Gasteiger partial charge on any atom is -0.462 e. The number of hydrogen-bond acceptors (Lipinski definition) is 6. The van der Waals surface area contributed by atoms with Crippen LogP contribution in [0.4, 0.5) is 0 Å². The summed E-state index contributed by atoms with van der Waals surface area (Å²) in [5, 5.41) is 0. The molecule has 0 aliphatic heterocycles. The van der Waals surface area contributed by atoms with E-state index in [4.69, 9.17) is 14.2 Å². The molecule has 6 nitrogen and oxygen atoms in total. The average molecular weight is 681 g/mol. The molecule has 0 aromatic carbocycles. The van der Waals surface area contributed by atoms with Crippen LogP contribution in [0.25, 0.3) is 0 Å². The van der Waals surface area contributed by atoms with Gasteiger partial charge in [-0.05, 0) is 25.2 Å². The van der Waals surface area contributed by atoms with Crippen LogP contribution in [0.15, 0.2) is 0 Å². The predicted octanol–water partition coefficient (Wildman–Crippen LogP) is 12.8. The van der Waals surface area contributed by atoms with Crippen molar-refractivity contribution in [2.75, 3.05) is 13.2 Å². The lowest BCUT2D eigenvalue weighted by atomic mass is 10.0. The van der Waals surface area contributed by atoms with Crippen molar-refractivity contribution in [2.45, 2.75) is 233 Å². The van der Waals surface area contributed by atoms with Gasteiger partial charge in [0, 0.05) is 19.3 Å². The van der Waals surface area contributed by atoms with Crippen LogP contribution in [0, 0.1) is 5.92 Å². The first-order chi connectivity index (χ1) is 23.4. The Labute approximate surface area is 298 Å². The molecule has 0 bridgehead atoms. The van der Waals surface area contributed by atoms with E-state index in [9.17, 15) is 14.4 Å². The lowest BCUT2D eigenvalue weighted by Gasteiger charge is -2.18. The zero-order chi connectivity index (χ0) is 35.3. The number of carbonyl (C=O) groups excluding carboxylic acids is 3. The van der Waals surface area contributed by atoms with Gasteiger partial charge in [0.25, 0.3) is 0 Å². The molecule has 0 rings (SSSR count). The van der Waals surface area contributed by atoms with Crippen molar-refractivity contribution in [2.24, 2.45) is 5.92 Å². The second kappa shape index (κ2) is 36.7. The van der Waals surface area contributed by atoms with Gasteiger partial charge in [0.05, 0.1) is 0 Å². The summed E-state index contributed by atoms with van der Waals surface area (Å²) in [5.41, 5.74) is 0.